The zero-order valence-corrected chi connectivity index (χ0v) is 41.7. The van der Waals surface area contributed by atoms with E-state index in [2.05, 4.69) is 207 Å². The number of furan rings is 1. The predicted octanol–water partition coefficient (Wildman–Crippen LogP) is 17.0. The molecule has 0 amide bonds. The third-order valence-corrected chi connectivity index (χ3v) is 17.8. The van der Waals surface area contributed by atoms with Gasteiger partial charge in [-0.15, -0.1) is 11.3 Å². The van der Waals surface area contributed by atoms with E-state index in [4.69, 9.17) is 4.42 Å². The molecule has 1 radical (unpaired) electrons. The summed E-state index contributed by atoms with van der Waals surface area (Å²) in [6, 6.07) is 50.3. The van der Waals surface area contributed by atoms with Gasteiger partial charge in [0.05, 0.1) is 11.4 Å². The third kappa shape index (κ3) is 6.16. The summed E-state index contributed by atoms with van der Waals surface area (Å²) in [5.74, 6) is 0. The molecule has 0 bridgehead atoms. The highest BCUT2D eigenvalue weighted by Crippen LogP contribution is 2.54. The first-order valence-electron chi connectivity index (χ1n) is 24.7. The van der Waals surface area contributed by atoms with E-state index >= 15 is 0 Å². The molecule has 13 rings (SSSR count). The molecule has 1 N–H and O–H groups in total. The van der Waals surface area contributed by atoms with E-state index in [9.17, 15) is 0 Å². The van der Waals surface area contributed by atoms with Crippen LogP contribution in [-0.2, 0) is 21.7 Å². The Hall–Kier alpha value is -6.30. The van der Waals surface area contributed by atoms with Crippen LogP contribution in [0.4, 0.5) is 28.4 Å². The fourth-order valence-corrected chi connectivity index (χ4v) is 13.6. The van der Waals surface area contributed by atoms with Crippen LogP contribution in [-0.4, -0.2) is 7.28 Å². The Bertz CT molecular complexity index is 3790. The van der Waals surface area contributed by atoms with Gasteiger partial charge in [-0.2, -0.15) is 0 Å². The summed E-state index contributed by atoms with van der Waals surface area (Å²) in [5.41, 5.74) is 18.8. The normalized spacial score (nSPS) is 17.5. The lowest BCUT2D eigenvalue weighted by atomic mass is 9.60. The Balaban J connectivity index is 1.12. The van der Waals surface area contributed by atoms with Crippen LogP contribution >= 0.6 is 11.3 Å². The number of rotatable bonds is 4. The average Bonchev–Trinajstić information content (AvgIpc) is 3.89. The second kappa shape index (κ2) is 14.4. The van der Waals surface area contributed by atoms with Gasteiger partial charge in [0, 0.05) is 48.9 Å². The number of hydrogen-bond donors (Lipinski definition) is 1. The summed E-state index contributed by atoms with van der Waals surface area (Å²) in [7, 11) is 2.54. The van der Waals surface area contributed by atoms with Gasteiger partial charge >= 0.3 is 0 Å². The summed E-state index contributed by atoms with van der Waals surface area (Å²) in [5, 5.41) is 12.5. The molecule has 3 nitrogen and oxygen atoms in total. The first-order chi connectivity index (χ1) is 32.6. The van der Waals surface area contributed by atoms with Gasteiger partial charge in [0.15, 0.2) is 5.58 Å². The van der Waals surface area contributed by atoms with E-state index in [1.54, 1.807) is 0 Å². The Morgan fingerprint density at radius 2 is 1.09 bits per heavy atom. The van der Waals surface area contributed by atoms with Crippen molar-refractivity contribution in [1.29, 1.82) is 0 Å². The zero-order valence-electron chi connectivity index (χ0n) is 40.9. The quantitative estimate of drug-likeness (QED) is 0.178. The third-order valence-electron chi connectivity index (χ3n) is 16.7. The van der Waals surface area contributed by atoms with E-state index in [1.165, 1.54) is 112 Å². The van der Waals surface area contributed by atoms with E-state index in [-0.39, 0.29) is 21.7 Å². The molecule has 0 atom stereocenters. The van der Waals surface area contributed by atoms with Crippen LogP contribution in [0.15, 0.2) is 138 Å². The molecule has 2 aliphatic carbocycles. The maximum absolute atomic E-state index is 6.63. The number of nitrogens with one attached hydrogen (secondary N) is 1. The van der Waals surface area contributed by atoms with Gasteiger partial charge in [-0.1, -0.05) is 140 Å². The standard InChI is InChI=1S/C63H58BN2OS/c1-36-29-46-48(62(6,7)27-25-60(46,2)3)34-52(36)66-56-40-20-13-12-19-39(40)31-44(55(56)64-59-57(66)45-33-47-49(35-54(45)68-59)63(8,9)28-26-61(47,4)5)43-30-37-17-10-11-18-38(37)32-51(43)65-50-23-16-22-42-41-21-14-15-24-53(41)67-58(42)50/h10-24,29-35,65H,25-28H2,1-9H3. The van der Waals surface area contributed by atoms with Crippen molar-refractivity contribution in [3.63, 3.8) is 0 Å². The minimum atomic E-state index is 0.0462. The molecule has 3 heterocycles. The van der Waals surface area contributed by atoms with Crippen LogP contribution in [0.25, 0.3) is 64.7 Å². The monoisotopic (exact) mass is 901 g/mol. The van der Waals surface area contributed by atoms with E-state index in [1.807, 2.05) is 17.4 Å². The fraction of sp³-hybridized carbons (Fsp3) is 0.270. The second-order valence-electron chi connectivity index (χ2n) is 23.0. The molecule has 0 fully saturated rings. The highest BCUT2D eigenvalue weighted by molar-refractivity contribution is 7.29. The maximum Gasteiger partial charge on any atom is 0.211 e. The molecule has 3 aliphatic rings. The van der Waals surface area contributed by atoms with Gasteiger partial charge in [-0.3, -0.25) is 0 Å². The average molecular weight is 902 g/mol. The lowest BCUT2D eigenvalue weighted by molar-refractivity contribution is 0.332. The molecule has 0 saturated heterocycles. The molecule has 68 heavy (non-hydrogen) atoms. The number of fused-ring (bicyclic) bond motifs is 12. The Labute approximate surface area is 405 Å². The van der Waals surface area contributed by atoms with Gasteiger partial charge < -0.3 is 14.6 Å². The maximum atomic E-state index is 6.63. The minimum absolute atomic E-state index is 0.0462. The van der Waals surface area contributed by atoms with Crippen LogP contribution in [0.2, 0.25) is 0 Å². The first kappa shape index (κ1) is 41.9. The predicted molar refractivity (Wildman–Crippen MR) is 294 cm³/mol. The Morgan fingerprint density at radius 1 is 0.515 bits per heavy atom. The van der Waals surface area contributed by atoms with Crippen molar-refractivity contribution >= 4 is 111 Å². The second-order valence-corrected chi connectivity index (χ2v) is 24.1. The largest absolute Gasteiger partial charge is 0.454 e. The van der Waals surface area contributed by atoms with Gasteiger partial charge in [0.2, 0.25) is 7.28 Å². The number of benzene rings is 8. The highest BCUT2D eigenvalue weighted by Gasteiger charge is 2.42. The molecule has 0 spiro atoms. The molecule has 8 aromatic carbocycles. The molecule has 0 saturated carbocycles. The number of hydrogen-bond acceptors (Lipinski definition) is 4. The smallest absolute Gasteiger partial charge is 0.211 e. The summed E-state index contributed by atoms with van der Waals surface area (Å²) >= 11 is 1.97. The minimum Gasteiger partial charge on any atom is -0.454 e. The first-order valence-corrected chi connectivity index (χ1v) is 25.6. The highest BCUT2D eigenvalue weighted by atomic mass is 32.1. The number of nitrogens with zero attached hydrogens (tertiary/aromatic N) is 1. The summed E-state index contributed by atoms with van der Waals surface area (Å²) < 4.78 is 9.31. The van der Waals surface area contributed by atoms with Crippen LogP contribution in [0.3, 0.4) is 0 Å². The van der Waals surface area contributed by atoms with Crippen LogP contribution in [0.1, 0.15) is 109 Å². The molecule has 335 valence electrons. The molecule has 0 unspecified atom stereocenters. The molecule has 2 aromatic heterocycles. The van der Waals surface area contributed by atoms with Gasteiger partial charge in [-0.05, 0) is 163 Å². The van der Waals surface area contributed by atoms with Crippen molar-refractivity contribution < 1.29 is 4.42 Å². The molecule has 10 aromatic rings. The Kier molecular flexibility index (Phi) is 8.85. The van der Waals surface area contributed by atoms with Crippen molar-refractivity contribution in [2.24, 2.45) is 0 Å². The lowest BCUT2D eigenvalue weighted by Gasteiger charge is -2.44. The van der Waals surface area contributed by atoms with Crippen molar-refractivity contribution in [2.45, 2.75) is 110 Å². The SMILES string of the molecule is Cc1cc2c(cc1N1c3c(c(-c4cc5ccccc5cc4Nc4cccc5c4oc4ccccc45)cc4ccccc34)[B]c3sc4cc5c(cc4c31)C(C)(C)CCC5(C)C)C(C)(C)CCC2(C)C. The summed E-state index contributed by atoms with van der Waals surface area (Å²) in [6.45, 7) is 22.0. The van der Waals surface area contributed by atoms with Gasteiger partial charge in [0.25, 0.3) is 0 Å². The molecular weight excluding hydrogens is 844 g/mol. The van der Waals surface area contributed by atoms with Gasteiger partial charge in [-0.25, -0.2) is 0 Å². The van der Waals surface area contributed by atoms with Crippen molar-refractivity contribution in [3.8, 4) is 11.1 Å². The summed E-state index contributed by atoms with van der Waals surface area (Å²) in [6.07, 6.45) is 4.72. The molecule has 1 aliphatic heterocycles. The fourth-order valence-electron chi connectivity index (χ4n) is 12.4. The van der Waals surface area contributed by atoms with E-state index in [0.29, 0.717) is 0 Å². The molecule has 5 heteroatoms. The Morgan fingerprint density at radius 3 is 1.81 bits per heavy atom. The van der Waals surface area contributed by atoms with Crippen LogP contribution in [0, 0.1) is 6.92 Å². The summed E-state index contributed by atoms with van der Waals surface area (Å²) in [4.78, 5) is 2.72. The lowest BCUT2D eigenvalue weighted by Crippen LogP contribution is -2.40. The number of anilines is 5. The number of para-hydroxylation sites is 2. The van der Waals surface area contributed by atoms with E-state index in [0.717, 1.165) is 45.3 Å². The van der Waals surface area contributed by atoms with E-state index < -0.39 is 0 Å². The zero-order chi connectivity index (χ0) is 46.6. The van der Waals surface area contributed by atoms with Crippen molar-refractivity contribution in [2.75, 3.05) is 10.2 Å². The topological polar surface area (TPSA) is 28.4 Å². The van der Waals surface area contributed by atoms with Crippen molar-refractivity contribution in [3.05, 3.63) is 161 Å². The van der Waals surface area contributed by atoms with Crippen LogP contribution in [0.5, 0.6) is 0 Å². The number of aryl methyl sites for hydroxylation is 1. The molecular formula is C63H58BN2OS. The van der Waals surface area contributed by atoms with Gasteiger partial charge in [0.1, 0.15) is 5.58 Å². The van der Waals surface area contributed by atoms with Crippen LogP contribution < -0.4 is 20.5 Å². The number of thiophene rings is 1. The van der Waals surface area contributed by atoms with Crippen molar-refractivity contribution in [1.82, 2.24) is 0 Å².